The van der Waals surface area contributed by atoms with Gasteiger partial charge in [0, 0.05) is 0 Å². The molecule has 1 saturated carbocycles. The highest BCUT2D eigenvalue weighted by atomic mass is 16.3. The van der Waals surface area contributed by atoms with Gasteiger partial charge in [-0.05, 0) is 26.2 Å². The molecule has 0 atom stereocenters. The number of hydrogen-bond acceptors (Lipinski definition) is 4. The third kappa shape index (κ3) is 1.85. The largest absolute Gasteiger partial charge is 0.394 e. The second-order valence-corrected chi connectivity index (χ2v) is 3.99. The van der Waals surface area contributed by atoms with Crippen molar-refractivity contribution in [2.75, 3.05) is 6.61 Å². The van der Waals surface area contributed by atoms with Gasteiger partial charge in [-0.15, -0.1) is 5.10 Å². The Bertz CT molecular complexity index is 364. The molecule has 1 aromatic rings. The van der Waals surface area contributed by atoms with Crippen molar-refractivity contribution < 1.29 is 9.90 Å². The van der Waals surface area contributed by atoms with E-state index in [2.05, 4.69) is 20.5 Å². The van der Waals surface area contributed by atoms with Crippen LogP contribution in [0.2, 0.25) is 0 Å². The zero-order chi connectivity index (χ0) is 10.9. The van der Waals surface area contributed by atoms with Gasteiger partial charge in [0.1, 0.15) is 5.82 Å². The molecule has 0 spiro atoms. The minimum atomic E-state index is -0.439. The van der Waals surface area contributed by atoms with Crippen molar-refractivity contribution in [3.05, 3.63) is 11.6 Å². The first kappa shape index (κ1) is 10.1. The Kier molecular flexibility index (Phi) is 2.44. The van der Waals surface area contributed by atoms with E-state index in [1.807, 2.05) is 0 Å². The van der Waals surface area contributed by atoms with E-state index in [4.69, 9.17) is 0 Å². The monoisotopic (exact) mass is 210 g/mol. The van der Waals surface area contributed by atoms with Crippen molar-refractivity contribution in [2.45, 2.75) is 31.7 Å². The highest BCUT2D eigenvalue weighted by Gasteiger charge is 2.38. The average Bonchev–Trinajstić information content (AvgIpc) is 2.58. The molecule has 0 unspecified atom stereocenters. The molecule has 1 amide bonds. The number of rotatable bonds is 3. The maximum atomic E-state index is 11.7. The van der Waals surface area contributed by atoms with E-state index < -0.39 is 5.54 Å². The van der Waals surface area contributed by atoms with Crippen LogP contribution in [0.3, 0.4) is 0 Å². The summed E-state index contributed by atoms with van der Waals surface area (Å²) < 4.78 is 0. The Morgan fingerprint density at radius 2 is 2.40 bits per heavy atom. The number of amides is 1. The summed E-state index contributed by atoms with van der Waals surface area (Å²) in [5.74, 6) is 0.409. The van der Waals surface area contributed by atoms with Crippen LogP contribution in [0.5, 0.6) is 0 Å². The van der Waals surface area contributed by atoms with Gasteiger partial charge in [-0.25, -0.2) is 4.98 Å². The molecule has 6 nitrogen and oxygen atoms in total. The third-order valence-corrected chi connectivity index (χ3v) is 2.79. The lowest BCUT2D eigenvalue weighted by Crippen LogP contribution is -2.56. The molecule has 6 heteroatoms. The summed E-state index contributed by atoms with van der Waals surface area (Å²) in [5, 5.41) is 18.3. The average molecular weight is 210 g/mol. The fourth-order valence-corrected chi connectivity index (χ4v) is 1.67. The van der Waals surface area contributed by atoms with Crippen LogP contribution in [-0.2, 0) is 0 Å². The molecule has 0 radical (unpaired) electrons. The van der Waals surface area contributed by atoms with Gasteiger partial charge in [0.15, 0.2) is 0 Å². The fraction of sp³-hybridized carbons (Fsp3) is 0.667. The van der Waals surface area contributed by atoms with Crippen LogP contribution in [0.4, 0.5) is 0 Å². The van der Waals surface area contributed by atoms with E-state index in [-0.39, 0.29) is 18.3 Å². The lowest BCUT2D eigenvalue weighted by molar-refractivity contribution is 0.0633. The van der Waals surface area contributed by atoms with Crippen LogP contribution >= 0.6 is 0 Å². The maximum Gasteiger partial charge on any atom is 0.291 e. The molecule has 0 saturated heterocycles. The van der Waals surface area contributed by atoms with Gasteiger partial charge in [-0.3, -0.25) is 9.89 Å². The zero-order valence-corrected chi connectivity index (χ0v) is 8.58. The predicted octanol–water partition coefficient (Wildman–Crippen LogP) is -0.242. The fourth-order valence-electron chi connectivity index (χ4n) is 1.67. The number of aliphatic hydroxyl groups excluding tert-OH is 1. The van der Waals surface area contributed by atoms with E-state index in [0.29, 0.717) is 5.82 Å². The SMILES string of the molecule is Cc1nc(C(=O)NC2(CO)CCC2)n[nH]1. The van der Waals surface area contributed by atoms with Gasteiger partial charge in [0.25, 0.3) is 5.91 Å². The minimum Gasteiger partial charge on any atom is -0.394 e. The second kappa shape index (κ2) is 3.62. The summed E-state index contributed by atoms with van der Waals surface area (Å²) in [7, 11) is 0. The number of aliphatic hydroxyl groups is 1. The van der Waals surface area contributed by atoms with Gasteiger partial charge in [0.05, 0.1) is 12.1 Å². The van der Waals surface area contributed by atoms with Gasteiger partial charge in [-0.2, -0.15) is 0 Å². The van der Waals surface area contributed by atoms with Crippen LogP contribution in [0.15, 0.2) is 0 Å². The molecule has 1 fully saturated rings. The summed E-state index contributed by atoms with van der Waals surface area (Å²) in [6.07, 6.45) is 2.67. The number of aromatic nitrogens is 3. The molecule has 0 aromatic carbocycles. The van der Waals surface area contributed by atoms with E-state index >= 15 is 0 Å². The smallest absolute Gasteiger partial charge is 0.291 e. The number of H-pyrrole nitrogens is 1. The Labute approximate surface area is 87.1 Å². The first-order valence-corrected chi connectivity index (χ1v) is 4.98. The number of nitrogens with one attached hydrogen (secondary N) is 2. The number of aryl methyl sites for hydroxylation is 1. The molecule has 0 aliphatic heterocycles. The topological polar surface area (TPSA) is 90.9 Å². The van der Waals surface area contributed by atoms with Crippen molar-refractivity contribution in [2.24, 2.45) is 0 Å². The first-order valence-electron chi connectivity index (χ1n) is 4.98. The van der Waals surface area contributed by atoms with Crippen LogP contribution < -0.4 is 5.32 Å². The lowest BCUT2D eigenvalue weighted by Gasteiger charge is -2.40. The second-order valence-electron chi connectivity index (χ2n) is 3.99. The summed E-state index contributed by atoms with van der Waals surface area (Å²) in [4.78, 5) is 15.6. The van der Waals surface area contributed by atoms with Crippen LogP contribution in [0.1, 0.15) is 35.7 Å². The van der Waals surface area contributed by atoms with Crippen molar-refractivity contribution in [1.29, 1.82) is 0 Å². The van der Waals surface area contributed by atoms with Crippen LogP contribution in [-0.4, -0.2) is 38.3 Å². The summed E-state index contributed by atoms with van der Waals surface area (Å²) >= 11 is 0. The Morgan fingerprint density at radius 3 is 2.80 bits per heavy atom. The summed E-state index contributed by atoms with van der Waals surface area (Å²) in [5.41, 5.74) is -0.439. The van der Waals surface area contributed by atoms with Crippen molar-refractivity contribution in [1.82, 2.24) is 20.5 Å². The van der Waals surface area contributed by atoms with Crippen molar-refractivity contribution >= 4 is 5.91 Å². The van der Waals surface area contributed by atoms with E-state index in [9.17, 15) is 9.90 Å². The molecule has 1 aromatic heterocycles. The number of hydrogen-bond donors (Lipinski definition) is 3. The van der Waals surface area contributed by atoms with Gasteiger partial charge in [0.2, 0.25) is 5.82 Å². The number of carbonyl (C=O) groups is 1. The zero-order valence-electron chi connectivity index (χ0n) is 8.58. The van der Waals surface area contributed by atoms with Crippen molar-refractivity contribution in [3.63, 3.8) is 0 Å². The molecule has 1 aliphatic rings. The molecule has 2 rings (SSSR count). The van der Waals surface area contributed by atoms with Gasteiger partial charge < -0.3 is 10.4 Å². The van der Waals surface area contributed by atoms with E-state index in [1.54, 1.807) is 6.92 Å². The quantitative estimate of drug-likeness (QED) is 0.642. The Morgan fingerprint density at radius 1 is 1.67 bits per heavy atom. The third-order valence-electron chi connectivity index (χ3n) is 2.79. The van der Waals surface area contributed by atoms with E-state index in [1.165, 1.54) is 0 Å². The number of nitrogens with zero attached hydrogens (tertiary/aromatic N) is 2. The van der Waals surface area contributed by atoms with E-state index in [0.717, 1.165) is 19.3 Å². The number of aromatic amines is 1. The van der Waals surface area contributed by atoms with Crippen molar-refractivity contribution in [3.8, 4) is 0 Å². The standard InChI is InChI=1S/C9H14N4O2/c1-6-10-7(13-12-6)8(15)11-9(5-14)3-2-4-9/h14H,2-5H2,1H3,(H,11,15)(H,10,12,13). The number of carbonyl (C=O) groups excluding carboxylic acids is 1. The molecule has 82 valence electrons. The molecule has 15 heavy (non-hydrogen) atoms. The van der Waals surface area contributed by atoms with Gasteiger partial charge in [-0.1, -0.05) is 0 Å². The molecule has 1 aliphatic carbocycles. The molecular weight excluding hydrogens is 196 g/mol. The Hall–Kier alpha value is -1.43. The normalized spacial score (nSPS) is 18.3. The predicted molar refractivity (Wildman–Crippen MR) is 52.3 cm³/mol. The van der Waals surface area contributed by atoms with Crippen LogP contribution in [0.25, 0.3) is 0 Å². The summed E-state index contributed by atoms with van der Waals surface area (Å²) in [6, 6.07) is 0. The molecule has 0 bridgehead atoms. The summed E-state index contributed by atoms with van der Waals surface area (Å²) in [6.45, 7) is 1.71. The van der Waals surface area contributed by atoms with Gasteiger partial charge >= 0.3 is 0 Å². The first-order chi connectivity index (χ1) is 7.15. The maximum absolute atomic E-state index is 11.7. The Balaban J connectivity index is 2.03. The highest BCUT2D eigenvalue weighted by Crippen LogP contribution is 2.31. The molecular formula is C9H14N4O2. The minimum absolute atomic E-state index is 0.0256. The molecule has 3 N–H and O–H groups in total. The lowest BCUT2D eigenvalue weighted by atomic mass is 9.77. The molecule has 1 heterocycles. The highest BCUT2D eigenvalue weighted by molar-refractivity contribution is 5.91. The van der Waals surface area contributed by atoms with Crippen LogP contribution in [0, 0.1) is 6.92 Å².